The first-order chi connectivity index (χ1) is 7.56. The maximum Gasteiger partial charge on any atom is 0.339 e. The molecule has 0 aliphatic carbocycles. The van der Waals surface area contributed by atoms with Crippen LogP contribution in [-0.4, -0.2) is 28.0 Å². The highest BCUT2D eigenvalue weighted by molar-refractivity contribution is 5.99. The van der Waals surface area contributed by atoms with Crippen molar-refractivity contribution in [2.45, 2.75) is 6.92 Å². The number of aromatic carboxylic acids is 1. The van der Waals surface area contributed by atoms with E-state index in [0.29, 0.717) is 11.3 Å². The van der Waals surface area contributed by atoms with Crippen LogP contribution in [0.25, 0.3) is 10.9 Å². The molecule has 84 valence electrons. The molecule has 2 aromatic rings. The summed E-state index contributed by atoms with van der Waals surface area (Å²) < 4.78 is 6.84. The van der Waals surface area contributed by atoms with Crippen LogP contribution >= 0.6 is 0 Å². The number of carbonyl (C=O) groups is 1. The molecule has 5 heteroatoms. The Bertz CT molecular complexity index is 572. The molecule has 0 atom stereocenters. The summed E-state index contributed by atoms with van der Waals surface area (Å²) in [6, 6.07) is 3.29. The third-order valence-corrected chi connectivity index (χ3v) is 2.69. The molecule has 0 bridgehead atoms. The molecule has 0 saturated carbocycles. The SMILES string of the molecule is COc1c(C(=O)O)ccc2c(C)n(C)nc12. The van der Waals surface area contributed by atoms with Crippen molar-refractivity contribution in [2.75, 3.05) is 7.11 Å². The largest absolute Gasteiger partial charge is 0.493 e. The van der Waals surface area contributed by atoms with Gasteiger partial charge >= 0.3 is 5.97 Å². The number of ether oxygens (including phenoxy) is 1. The van der Waals surface area contributed by atoms with Crippen LogP contribution in [0.4, 0.5) is 0 Å². The van der Waals surface area contributed by atoms with Crippen LogP contribution in [0, 0.1) is 6.92 Å². The summed E-state index contributed by atoms with van der Waals surface area (Å²) in [4.78, 5) is 11.0. The Morgan fingerprint density at radius 2 is 2.19 bits per heavy atom. The predicted molar refractivity (Wildman–Crippen MR) is 59.0 cm³/mol. The monoisotopic (exact) mass is 220 g/mol. The number of rotatable bonds is 2. The quantitative estimate of drug-likeness (QED) is 0.834. The Morgan fingerprint density at radius 1 is 1.50 bits per heavy atom. The Hall–Kier alpha value is -2.04. The highest BCUT2D eigenvalue weighted by Crippen LogP contribution is 2.30. The topological polar surface area (TPSA) is 64.3 Å². The first kappa shape index (κ1) is 10.5. The normalized spacial score (nSPS) is 10.7. The molecule has 0 saturated heterocycles. The van der Waals surface area contributed by atoms with Crippen LogP contribution in [0.15, 0.2) is 12.1 Å². The number of carboxylic acids is 1. The molecule has 0 aliphatic heterocycles. The lowest BCUT2D eigenvalue weighted by molar-refractivity contribution is 0.0693. The number of methoxy groups -OCH3 is 1. The van der Waals surface area contributed by atoms with Crippen molar-refractivity contribution in [2.24, 2.45) is 7.05 Å². The minimum Gasteiger partial charge on any atom is -0.493 e. The number of hydrogen-bond acceptors (Lipinski definition) is 3. The lowest BCUT2D eigenvalue weighted by Gasteiger charge is -2.04. The molecule has 1 N–H and O–H groups in total. The fraction of sp³-hybridized carbons (Fsp3) is 0.273. The lowest BCUT2D eigenvalue weighted by Crippen LogP contribution is -2.00. The number of benzene rings is 1. The molecule has 0 amide bonds. The van der Waals surface area contributed by atoms with Gasteiger partial charge in [0.15, 0.2) is 5.75 Å². The van der Waals surface area contributed by atoms with Crippen molar-refractivity contribution in [1.29, 1.82) is 0 Å². The number of fused-ring (bicyclic) bond motifs is 1. The first-order valence-electron chi connectivity index (χ1n) is 4.80. The van der Waals surface area contributed by atoms with Crippen molar-refractivity contribution in [1.82, 2.24) is 9.78 Å². The molecule has 5 nitrogen and oxygen atoms in total. The molecule has 0 radical (unpaired) electrons. The molecule has 0 spiro atoms. The van der Waals surface area contributed by atoms with Gasteiger partial charge in [-0.15, -0.1) is 0 Å². The molecular weight excluding hydrogens is 208 g/mol. The smallest absolute Gasteiger partial charge is 0.339 e. The van der Waals surface area contributed by atoms with Gasteiger partial charge in [-0.2, -0.15) is 5.10 Å². The molecule has 0 aliphatic rings. The second-order valence-electron chi connectivity index (χ2n) is 3.56. The van der Waals surface area contributed by atoms with Crippen molar-refractivity contribution in [3.8, 4) is 5.75 Å². The van der Waals surface area contributed by atoms with E-state index in [0.717, 1.165) is 11.1 Å². The number of hydrogen-bond donors (Lipinski definition) is 1. The summed E-state index contributed by atoms with van der Waals surface area (Å²) in [6.45, 7) is 1.93. The third-order valence-electron chi connectivity index (χ3n) is 2.69. The molecule has 1 aromatic carbocycles. The van der Waals surface area contributed by atoms with E-state index in [1.54, 1.807) is 10.7 Å². The predicted octanol–water partition coefficient (Wildman–Crippen LogP) is 1.59. The fourth-order valence-corrected chi connectivity index (χ4v) is 1.74. The average molecular weight is 220 g/mol. The van der Waals surface area contributed by atoms with Gasteiger partial charge in [0.2, 0.25) is 0 Å². The summed E-state index contributed by atoms with van der Waals surface area (Å²) in [5.41, 5.74) is 1.70. The lowest BCUT2D eigenvalue weighted by atomic mass is 10.1. The molecule has 0 fully saturated rings. The average Bonchev–Trinajstić information content (AvgIpc) is 2.54. The zero-order chi connectivity index (χ0) is 11.9. The minimum absolute atomic E-state index is 0.133. The maximum absolute atomic E-state index is 11.0. The van der Waals surface area contributed by atoms with Crippen LogP contribution in [0.1, 0.15) is 16.1 Å². The summed E-state index contributed by atoms with van der Waals surface area (Å²) in [6.07, 6.45) is 0. The third kappa shape index (κ3) is 1.32. The van der Waals surface area contributed by atoms with Gasteiger partial charge in [-0.25, -0.2) is 4.79 Å². The summed E-state index contributed by atoms with van der Waals surface area (Å²) in [5, 5.41) is 14.2. The molecule has 1 aromatic heterocycles. The van der Waals surface area contributed by atoms with Gasteiger partial charge in [0, 0.05) is 18.1 Å². The highest BCUT2D eigenvalue weighted by atomic mass is 16.5. The van der Waals surface area contributed by atoms with Crippen LogP contribution in [0.3, 0.4) is 0 Å². The Balaban J connectivity index is 2.86. The van der Waals surface area contributed by atoms with E-state index in [4.69, 9.17) is 9.84 Å². The van der Waals surface area contributed by atoms with Crippen molar-refractivity contribution < 1.29 is 14.6 Å². The van der Waals surface area contributed by atoms with Gasteiger partial charge in [0.1, 0.15) is 11.1 Å². The van der Waals surface area contributed by atoms with E-state index in [1.807, 2.05) is 14.0 Å². The van der Waals surface area contributed by atoms with Gasteiger partial charge in [-0.05, 0) is 19.1 Å². The second kappa shape index (κ2) is 3.52. The molecule has 16 heavy (non-hydrogen) atoms. The molecular formula is C11H12N2O3. The minimum atomic E-state index is -1.01. The maximum atomic E-state index is 11.0. The van der Waals surface area contributed by atoms with Crippen LogP contribution in [-0.2, 0) is 7.05 Å². The second-order valence-corrected chi connectivity index (χ2v) is 3.56. The zero-order valence-corrected chi connectivity index (χ0v) is 9.31. The number of aromatic nitrogens is 2. The van der Waals surface area contributed by atoms with Crippen molar-refractivity contribution >= 4 is 16.9 Å². The summed E-state index contributed by atoms with van der Waals surface area (Å²) in [5.74, 6) is -0.698. The summed E-state index contributed by atoms with van der Waals surface area (Å²) in [7, 11) is 3.26. The standard InChI is InChI=1S/C11H12N2O3/c1-6-7-4-5-8(11(14)15)10(16-3)9(7)12-13(6)2/h4-5H,1-3H3,(H,14,15). The highest BCUT2D eigenvalue weighted by Gasteiger charge is 2.17. The van der Waals surface area contributed by atoms with Gasteiger partial charge in [0.05, 0.1) is 7.11 Å². The van der Waals surface area contributed by atoms with Gasteiger partial charge in [-0.3, -0.25) is 4.68 Å². The van der Waals surface area contributed by atoms with Crippen molar-refractivity contribution in [3.63, 3.8) is 0 Å². The van der Waals surface area contributed by atoms with E-state index in [2.05, 4.69) is 5.10 Å². The van der Waals surface area contributed by atoms with E-state index in [9.17, 15) is 4.79 Å². The number of carboxylic acid groups (broad SMARTS) is 1. The fourth-order valence-electron chi connectivity index (χ4n) is 1.74. The molecule has 1 heterocycles. The summed E-state index contributed by atoms with van der Waals surface area (Å²) >= 11 is 0. The van der Waals surface area contributed by atoms with Gasteiger partial charge < -0.3 is 9.84 Å². The van der Waals surface area contributed by atoms with E-state index in [-0.39, 0.29) is 5.56 Å². The van der Waals surface area contributed by atoms with Gasteiger partial charge in [0.25, 0.3) is 0 Å². The Kier molecular flexibility index (Phi) is 2.30. The van der Waals surface area contributed by atoms with Crippen molar-refractivity contribution in [3.05, 3.63) is 23.4 Å². The first-order valence-corrected chi connectivity index (χ1v) is 4.80. The van der Waals surface area contributed by atoms with Crippen LogP contribution in [0.5, 0.6) is 5.75 Å². The Labute approximate surface area is 92.2 Å². The van der Waals surface area contributed by atoms with Crippen LogP contribution < -0.4 is 4.74 Å². The molecule has 0 unspecified atom stereocenters. The Morgan fingerprint density at radius 3 is 2.75 bits per heavy atom. The van der Waals surface area contributed by atoms with Crippen LogP contribution in [0.2, 0.25) is 0 Å². The van der Waals surface area contributed by atoms with Gasteiger partial charge in [-0.1, -0.05) is 0 Å². The number of nitrogens with zero attached hydrogens (tertiary/aromatic N) is 2. The number of aryl methyl sites for hydroxylation is 2. The van der Waals surface area contributed by atoms with E-state index < -0.39 is 5.97 Å². The van der Waals surface area contributed by atoms with E-state index in [1.165, 1.54) is 13.2 Å². The molecule has 2 rings (SSSR count). The van der Waals surface area contributed by atoms with E-state index >= 15 is 0 Å². The zero-order valence-electron chi connectivity index (χ0n) is 9.31.